The summed E-state index contributed by atoms with van der Waals surface area (Å²) in [6, 6.07) is 15.2. The molecule has 0 spiro atoms. The third-order valence-electron chi connectivity index (χ3n) is 6.08. The maximum Gasteiger partial charge on any atom is 0.323 e. The molecule has 3 heterocycles. The summed E-state index contributed by atoms with van der Waals surface area (Å²) in [7, 11) is 1.66. The van der Waals surface area contributed by atoms with Gasteiger partial charge in [-0.05, 0) is 42.7 Å². The average molecular weight is 377 g/mol. The monoisotopic (exact) mass is 377 g/mol. The fourth-order valence-electron chi connectivity index (χ4n) is 4.65. The van der Waals surface area contributed by atoms with Crippen molar-refractivity contribution in [2.45, 2.75) is 38.2 Å². The number of hydrogen-bond donors (Lipinski definition) is 2. The van der Waals surface area contributed by atoms with Crippen molar-refractivity contribution >= 4 is 16.9 Å². The van der Waals surface area contributed by atoms with Crippen LogP contribution in [-0.4, -0.2) is 45.3 Å². The Morgan fingerprint density at radius 3 is 2.75 bits per heavy atom. The van der Waals surface area contributed by atoms with Gasteiger partial charge >= 0.3 is 6.03 Å². The van der Waals surface area contributed by atoms with Crippen LogP contribution in [0.2, 0.25) is 0 Å². The lowest BCUT2D eigenvalue weighted by Crippen LogP contribution is -2.43. The summed E-state index contributed by atoms with van der Waals surface area (Å²) in [6.45, 7) is 2.43. The van der Waals surface area contributed by atoms with E-state index in [0.29, 0.717) is 13.0 Å². The number of aromatic nitrogens is 1. The number of hydrogen-bond acceptors (Lipinski definition) is 3. The van der Waals surface area contributed by atoms with E-state index in [1.807, 2.05) is 60.4 Å². The molecule has 0 radical (unpaired) electrons. The first-order chi connectivity index (χ1) is 13.6. The molecular weight excluding hydrogens is 354 g/mol. The molecule has 3 aromatic rings. The van der Waals surface area contributed by atoms with Gasteiger partial charge in [0.05, 0.1) is 25.7 Å². The number of aliphatic hydroxyl groups excluding tert-OH is 1. The molecule has 2 aliphatic heterocycles. The molecule has 2 N–H and O–H groups in total. The van der Waals surface area contributed by atoms with Crippen molar-refractivity contribution in [2.75, 3.05) is 7.11 Å². The summed E-state index contributed by atoms with van der Waals surface area (Å²) < 4.78 is 5.38. The van der Waals surface area contributed by atoms with E-state index < -0.39 is 6.23 Å². The molecule has 6 nitrogen and oxygen atoms in total. The lowest BCUT2D eigenvalue weighted by atomic mass is 9.93. The van der Waals surface area contributed by atoms with E-state index in [2.05, 4.69) is 4.98 Å². The number of carbonyl (C=O) groups excluding carboxylic acids is 1. The molecular formula is C22H23N3O3. The number of urea groups is 1. The van der Waals surface area contributed by atoms with Gasteiger partial charge in [0.15, 0.2) is 6.23 Å². The molecule has 6 heteroatoms. The van der Waals surface area contributed by atoms with Crippen LogP contribution in [0.5, 0.6) is 5.75 Å². The number of H-pyrrole nitrogens is 1. The molecule has 28 heavy (non-hydrogen) atoms. The number of fused-ring (bicyclic) bond motifs is 4. The van der Waals surface area contributed by atoms with Crippen LogP contribution in [0, 0.1) is 0 Å². The smallest absolute Gasteiger partial charge is 0.323 e. The zero-order valence-electron chi connectivity index (χ0n) is 15.9. The van der Waals surface area contributed by atoms with Gasteiger partial charge < -0.3 is 19.7 Å². The Morgan fingerprint density at radius 2 is 2.00 bits per heavy atom. The van der Waals surface area contributed by atoms with Crippen molar-refractivity contribution in [1.29, 1.82) is 0 Å². The van der Waals surface area contributed by atoms with Crippen LogP contribution in [0.3, 0.4) is 0 Å². The van der Waals surface area contributed by atoms with Gasteiger partial charge in [0.2, 0.25) is 0 Å². The molecule has 0 saturated carbocycles. The number of carbonyl (C=O) groups is 1. The van der Waals surface area contributed by atoms with Crippen LogP contribution < -0.4 is 4.74 Å². The van der Waals surface area contributed by atoms with Gasteiger partial charge in [-0.15, -0.1) is 0 Å². The molecule has 3 unspecified atom stereocenters. The Bertz CT molecular complexity index is 1050. The van der Waals surface area contributed by atoms with Crippen LogP contribution in [0.15, 0.2) is 48.5 Å². The summed E-state index contributed by atoms with van der Waals surface area (Å²) >= 11 is 0. The maximum absolute atomic E-state index is 13.1. The molecule has 2 amide bonds. The first-order valence-electron chi connectivity index (χ1n) is 9.58. The normalized spacial score (nSPS) is 23.8. The number of rotatable bonds is 3. The van der Waals surface area contributed by atoms with Crippen LogP contribution in [0.4, 0.5) is 4.79 Å². The summed E-state index contributed by atoms with van der Waals surface area (Å²) in [6.07, 6.45) is -0.218. The van der Waals surface area contributed by atoms with Gasteiger partial charge in [0.25, 0.3) is 0 Å². The van der Waals surface area contributed by atoms with Gasteiger partial charge in [-0.25, -0.2) is 4.79 Å². The summed E-state index contributed by atoms with van der Waals surface area (Å²) in [4.78, 5) is 20.0. The minimum Gasteiger partial charge on any atom is -0.497 e. The molecule has 1 saturated heterocycles. The number of nitrogens with zero attached hydrogens (tertiary/aromatic N) is 2. The van der Waals surface area contributed by atoms with E-state index in [4.69, 9.17) is 4.74 Å². The molecule has 1 fully saturated rings. The highest BCUT2D eigenvalue weighted by atomic mass is 16.5. The van der Waals surface area contributed by atoms with Crippen LogP contribution in [0.25, 0.3) is 10.9 Å². The number of aliphatic hydroxyl groups is 1. The minimum atomic E-state index is -0.834. The second-order valence-electron chi connectivity index (χ2n) is 7.59. The van der Waals surface area contributed by atoms with Crippen molar-refractivity contribution in [3.8, 4) is 5.75 Å². The van der Waals surface area contributed by atoms with Crippen molar-refractivity contribution in [2.24, 2.45) is 0 Å². The Kier molecular flexibility index (Phi) is 3.84. The Morgan fingerprint density at radius 1 is 1.21 bits per heavy atom. The fraction of sp³-hybridized carbons (Fsp3) is 0.318. The number of nitrogens with one attached hydrogen (secondary N) is 1. The molecule has 144 valence electrons. The Hall–Kier alpha value is -2.99. The molecule has 1 aromatic heterocycles. The van der Waals surface area contributed by atoms with E-state index in [1.165, 1.54) is 0 Å². The summed E-state index contributed by atoms with van der Waals surface area (Å²) in [5, 5.41) is 12.1. The highest BCUT2D eigenvalue weighted by Crippen LogP contribution is 2.42. The van der Waals surface area contributed by atoms with E-state index in [9.17, 15) is 9.90 Å². The second kappa shape index (κ2) is 6.27. The molecule has 2 aromatic carbocycles. The number of ether oxygens (including phenoxy) is 1. The lowest BCUT2D eigenvalue weighted by molar-refractivity contribution is 0.0225. The van der Waals surface area contributed by atoms with Crippen molar-refractivity contribution < 1.29 is 14.6 Å². The number of aromatic amines is 1. The number of amides is 2. The van der Waals surface area contributed by atoms with Gasteiger partial charge in [-0.2, -0.15) is 0 Å². The molecule has 5 rings (SSSR count). The minimum absolute atomic E-state index is 0.115. The standard InChI is InChI=1S/C22H23N3O3/c1-13-20-17(16-10-15(28-2)8-9-18(16)23-20)11-19-21(26)24(22(27)25(13)19)12-14-6-4-3-5-7-14/h3-10,13,19,21,23,26H,11-12H2,1-2H3. The van der Waals surface area contributed by atoms with E-state index in [0.717, 1.165) is 33.5 Å². The molecule has 0 bridgehead atoms. The van der Waals surface area contributed by atoms with Crippen molar-refractivity contribution in [3.05, 3.63) is 65.4 Å². The number of benzene rings is 2. The predicted molar refractivity (Wildman–Crippen MR) is 106 cm³/mol. The van der Waals surface area contributed by atoms with Gasteiger partial charge in [-0.3, -0.25) is 4.90 Å². The number of methoxy groups -OCH3 is 1. The first kappa shape index (κ1) is 17.1. The van der Waals surface area contributed by atoms with Crippen LogP contribution in [0.1, 0.15) is 29.8 Å². The van der Waals surface area contributed by atoms with Gasteiger partial charge in [0, 0.05) is 16.6 Å². The second-order valence-corrected chi connectivity index (χ2v) is 7.59. The highest BCUT2D eigenvalue weighted by Gasteiger charge is 2.50. The maximum atomic E-state index is 13.1. The van der Waals surface area contributed by atoms with Crippen LogP contribution in [-0.2, 0) is 13.0 Å². The lowest BCUT2D eigenvalue weighted by Gasteiger charge is -2.35. The topological polar surface area (TPSA) is 68.8 Å². The first-order valence-corrected chi connectivity index (χ1v) is 9.58. The Balaban J connectivity index is 1.52. The summed E-state index contributed by atoms with van der Waals surface area (Å²) in [5.41, 5.74) is 4.25. The van der Waals surface area contributed by atoms with E-state index in [1.54, 1.807) is 12.0 Å². The zero-order chi connectivity index (χ0) is 19.4. The highest BCUT2D eigenvalue weighted by molar-refractivity contribution is 5.88. The predicted octanol–water partition coefficient (Wildman–Crippen LogP) is 3.42. The quantitative estimate of drug-likeness (QED) is 0.735. The van der Waals surface area contributed by atoms with Crippen LogP contribution >= 0.6 is 0 Å². The third kappa shape index (κ3) is 2.41. The zero-order valence-corrected chi connectivity index (χ0v) is 15.9. The largest absolute Gasteiger partial charge is 0.497 e. The van der Waals surface area contributed by atoms with Gasteiger partial charge in [-0.1, -0.05) is 30.3 Å². The average Bonchev–Trinajstić information content (AvgIpc) is 3.20. The summed E-state index contributed by atoms with van der Waals surface area (Å²) in [5.74, 6) is 0.804. The Labute approximate surface area is 163 Å². The van der Waals surface area contributed by atoms with Crippen molar-refractivity contribution in [1.82, 2.24) is 14.8 Å². The SMILES string of the molecule is COc1ccc2[nH]c3c(c2c1)CC1C(O)N(Cc2ccccc2)C(=O)N1C3C. The third-order valence-corrected chi connectivity index (χ3v) is 6.08. The fourth-order valence-corrected chi connectivity index (χ4v) is 4.65. The molecule has 2 aliphatic rings. The van der Waals surface area contributed by atoms with Crippen molar-refractivity contribution in [3.63, 3.8) is 0 Å². The van der Waals surface area contributed by atoms with Gasteiger partial charge in [0.1, 0.15) is 5.75 Å². The van der Waals surface area contributed by atoms with E-state index in [-0.39, 0.29) is 18.1 Å². The molecule has 0 aliphatic carbocycles. The molecule has 3 atom stereocenters. The van der Waals surface area contributed by atoms with E-state index >= 15 is 0 Å².